The number of aryl methyl sites for hydroxylation is 1. The molecule has 0 spiro atoms. The molecule has 1 aromatic heterocycles. The average molecular weight is 393 g/mol. The molecular formula is C23H28N4O2. The van der Waals surface area contributed by atoms with Crippen molar-refractivity contribution < 1.29 is 9.90 Å². The third kappa shape index (κ3) is 4.95. The molecule has 0 bridgehead atoms. The maximum Gasteiger partial charge on any atom is 0.335 e. The normalized spacial score (nSPS) is 16.0. The Morgan fingerprint density at radius 1 is 1.17 bits per heavy atom. The van der Waals surface area contributed by atoms with Gasteiger partial charge in [0.1, 0.15) is 0 Å². The van der Waals surface area contributed by atoms with Crippen LogP contribution in [0.3, 0.4) is 0 Å². The van der Waals surface area contributed by atoms with E-state index in [-0.39, 0.29) is 5.56 Å². The van der Waals surface area contributed by atoms with Gasteiger partial charge in [-0.3, -0.25) is 0 Å². The molecule has 1 saturated heterocycles. The number of rotatable bonds is 8. The number of imidazole rings is 1. The number of aromatic amines is 1. The molecule has 0 amide bonds. The highest BCUT2D eigenvalue weighted by Gasteiger charge is 2.24. The molecule has 152 valence electrons. The van der Waals surface area contributed by atoms with Crippen molar-refractivity contribution in [2.24, 2.45) is 5.92 Å². The summed E-state index contributed by atoms with van der Waals surface area (Å²) >= 11 is 0. The first kappa shape index (κ1) is 19.5. The largest absolute Gasteiger partial charge is 0.478 e. The van der Waals surface area contributed by atoms with Crippen molar-refractivity contribution in [2.45, 2.75) is 38.1 Å². The molecule has 0 saturated carbocycles. The molecule has 6 nitrogen and oxygen atoms in total. The lowest BCUT2D eigenvalue weighted by Gasteiger charge is -2.31. The van der Waals surface area contributed by atoms with Crippen LogP contribution in [-0.2, 0) is 6.42 Å². The third-order valence-electron chi connectivity index (χ3n) is 5.83. The van der Waals surface area contributed by atoms with Crippen LogP contribution in [0.15, 0.2) is 48.5 Å². The molecule has 1 aliphatic rings. The summed E-state index contributed by atoms with van der Waals surface area (Å²) in [5.41, 5.74) is 3.18. The van der Waals surface area contributed by atoms with Gasteiger partial charge in [-0.25, -0.2) is 9.78 Å². The van der Waals surface area contributed by atoms with Gasteiger partial charge in [-0.15, -0.1) is 0 Å². The minimum atomic E-state index is -0.926. The highest BCUT2D eigenvalue weighted by molar-refractivity contribution is 5.92. The van der Waals surface area contributed by atoms with Gasteiger partial charge in [-0.1, -0.05) is 30.3 Å². The van der Waals surface area contributed by atoms with E-state index in [1.54, 1.807) is 18.2 Å². The van der Waals surface area contributed by atoms with Gasteiger partial charge in [0, 0.05) is 6.04 Å². The minimum Gasteiger partial charge on any atom is -0.478 e. The van der Waals surface area contributed by atoms with Crippen LogP contribution < -0.4 is 10.6 Å². The summed E-state index contributed by atoms with van der Waals surface area (Å²) in [5, 5.41) is 16.3. The van der Waals surface area contributed by atoms with Crippen molar-refractivity contribution in [1.82, 2.24) is 15.3 Å². The predicted molar refractivity (Wildman–Crippen MR) is 115 cm³/mol. The van der Waals surface area contributed by atoms with E-state index in [1.807, 2.05) is 0 Å². The highest BCUT2D eigenvalue weighted by Crippen LogP contribution is 2.25. The summed E-state index contributed by atoms with van der Waals surface area (Å²) < 4.78 is 0. The lowest BCUT2D eigenvalue weighted by atomic mass is 9.87. The summed E-state index contributed by atoms with van der Waals surface area (Å²) in [6, 6.07) is 16.0. The van der Waals surface area contributed by atoms with Gasteiger partial charge in [-0.05, 0) is 74.9 Å². The Hall–Kier alpha value is -2.86. The van der Waals surface area contributed by atoms with Crippen LogP contribution >= 0.6 is 0 Å². The first-order valence-corrected chi connectivity index (χ1v) is 10.4. The monoisotopic (exact) mass is 392 g/mol. The quantitative estimate of drug-likeness (QED) is 0.464. The second-order valence-electron chi connectivity index (χ2n) is 7.84. The van der Waals surface area contributed by atoms with Crippen LogP contribution in [0.4, 0.5) is 5.95 Å². The molecule has 1 fully saturated rings. The van der Waals surface area contributed by atoms with E-state index >= 15 is 0 Å². The van der Waals surface area contributed by atoms with E-state index in [9.17, 15) is 9.90 Å². The fraction of sp³-hybridized carbons (Fsp3) is 0.391. The Balaban J connectivity index is 1.46. The van der Waals surface area contributed by atoms with E-state index in [2.05, 4.69) is 50.9 Å². The molecule has 3 aromatic rings. The van der Waals surface area contributed by atoms with Crippen molar-refractivity contribution >= 4 is 23.0 Å². The molecule has 0 radical (unpaired) electrons. The summed E-state index contributed by atoms with van der Waals surface area (Å²) in [7, 11) is 0. The number of piperidine rings is 1. The maximum atomic E-state index is 11.2. The van der Waals surface area contributed by atoms with Gasteiger partial charge >= 0.3 is 5.97 Å². The van der Waals surface area contributed by atoms with Crippen molar-refractivity contribution in [3.05, 3.63) is 59.7 Å². The molecule has 1 aliphatic heterocycles. The van der Waals surface area contributed by atoms with Gasteiger partial charge in [0.05, 0.1) is 16.6 Å². The Morgan fingerprint density at radius 2 is 1.97 bits per heavy atom. The fourth-order valence-electron chi connectivity index (χ4n) is 4.23. The Kier molecular flexibility index (Phi) is 6.10. The molecule has 4 N–H and O–H groups in total. The number of benzene rings is 2. The molecule has 4 rings (SSSR count). The van der Waals surface area contributed by atoms with Crippen LogP contribution in [0, 0.1) is 5.92 Å². The van der Waals surface area contributed by atoms with Crippen LogP contribution in [-0.4, -0.2) is 40.2 Å². The number of H-pyrrole nitrogens is 1. The number of aromatic carboxylic acids is 1. The number of hydrogen-bond donors (Lipinski definition) is 4. The molecule has 29 heavy (non-hydrogen) atoms. The van der Waals surface area contributed by atoms with Gasteiger partial charge in [0.2, 0.25) is 5.95 Å². The van der Waals surface area contributed by atoms with Crippen LogP contribution in [0.1, 0.15) is 41.6 Å². The first-order valence-electron chi connectivity index (χ1n) is 10.4. The molecule has 6 heteroatoms. The summed E-state index contributed by atoms with van der Waals surface area (Å²) in [6.07, 6.45) is 5.59. The first-order chi connectivity index (χ1) is 14.2. The van der Waals surface area contributed by atoms with Crippen LogP contribution in [0.25, 0.3) is 11.0 Å². The van der Waals surface area contributed by atoms with E-state index in [0.29, 0.717) is 12.0 Å². The summed E-state index contributed by atoms with van der Waals surface area (Å²) in [4.78, 5) is 19.1. The Bertz CT molecular complexity index is 948. The molecule has 1 atom stereocenters. The number of aromatic nitrogens is 2. The smallest absolute Gasteiger partial charge is 0.335 e. The number of nitrogens with zero attached hydrogens (tertiary/aromatic N) is 1. The molecular weight excluding hydrogens is 364 g/mol. The number of carboxylic acid groups (broad SMARTS) is 1. The zero-order valence-corrected chi connectivity index (χ0v) is 16.5. The van der Waals surface area contributed by atoms with Crippen LogP contribution in [0.2, 0.25) is 0 Å². The standard InChI is InChI=1S/C23H28N4O2/c28-22(29)18-9-10-20-21(15-18)27-23(26-20)25-19(17-11-13-24-14-12-17)8-4-7-16-5-2-1-3-6-16/h1-3,5-6,9-10,15,17,19,24H,4,7-8,11-14H2,(H,28,29)(H2,25,26,27). The number of hydrogen-bond acceptors (Lipinski definition) is 4. The summed E-state index contributed by atoms with van der Waals surface area (Å²) in [5.74, 6) is 0.408. The molecule has 2 heterocycles. The van der Waals surface area contributed by atoms with Gasteiger partial charge < -0.3 is 20.7 Å². The van der Waals surface area contributed by atoms with Gasteiger partial charge in [0.15, 0.2) is 0 Å². The Morgan fingerprint density at radius 3 is 2.72 bits per heavy atom. The second-order valence-corrected chi connectivity index (χ2v) is 7.84. The van der Waals surface area contributed by atoms with E-state index < -0.39 is 5.97 Å². The van der Waals surface area contributed by atoms with E-state index in [0.717, 1.165) is 62.2 Å². The van der Waals surface area contributed by atoms with E-state index in [4.69, 9.17) is 0 Å². The Labute approximate surface area is 170 Å². The zero-order valence-electron chi connectivity index (χ0n) is 16.5. The van der Waals surface area contributed by atoms with E-state index in [1.165, 1.54) is 5.56 Å². The lowest BCUT2D eigenvalue weighted by Crippen LogP contribution is -2.38. The zero-order chi connectivity index (χ0) is 20.1. The fourth-order valence-corrected chi connectivity index (χ4v) is 4.23. The topological polar surface area (TPSA) is 90.0 Å². The SMILES string of the molecule is O=C(O)c1ccc2nc(NC(CCCc3ccccc3)C3CCNCC3)[nH]c2c1. The van der Waals surface area contributed by atoms with Crippen molar-refractivity contribution in [2.75, 3.05) is 18.4 Å². The summed E-state index contributed by atoms with van der Waals surface area (Å²) in [6.45, 7) is 2.12. The lowest BCUT2D eigenvalue weighted by molar-refractivity contribution is 0.0697. The molecule has 0 aliphatic carbocycles. The number of carboxylic acids is 1. The number of anilines is 1. The average Bonchev–Trinajstić information content (AvgIpc) is 3.16. The minimum absolute atomic E-state index is 0.269. The maximum absolute atomic E-state index is 11.2. The second kappa shape index (κ2) is 9.09. The van der Waals surface area contributed by atoms with Gasteiger partial charge in [-0.2, -0.15) is 0 Å². The van der Waals surface area contributed by atoms with Crippen LogP contribution in [0.5, 0.6) is 0 Å². The number of nitrogens with one attached hydrogen (secondary N) is 3. The van der Waals surface area contributed by atoms with Crippen molar-refractivity contribution in [1.29, 1.82) is 0 Å². The van der Waals surface area contributed by atoms with Crippen molar-refractivity contribution in [3.63, 3.8) is 0 Å². The third-order valence-corrected chi connectivity index (χ3v) is 5.83. The highest BCUT2D eigenvalue weighted by atomic mass is 16.4. The van der Waals surface area contributed by atoms with Gasteiger partial charge in [0.25, 0.3) is 0 Å². The molecule has 2 aromatic carbocycles. The van der Waals surface area contributed by atoms with Crippen molar-refractivity contribution in [3.8, 4) is 0 Å². The molecule has 1 unspecified atom stereocenters. The number of carbonyl (C=O) groups is 1. The predicted octanol–water partition coefficient (Wildman–Crippen LogP) is 4.06. The number of fused-ring (bicyclic) bond motifs is 1.